The summed E-state index contributed by atoms with van der Waals surface area (Å²) in [4.78, 5) is 4.14. The molecule has 1 atom stereocenters. The standard InChI is InChI=1S/C14H16BrN3/c1-17-14(12-9-18-7-6-13(12)16)8-10-2-4-11(15)5-3-10/h2-7,9,14,17H,8H2,1H3,(H2,16,18). The van der Waals surface area contributed by atoms with Gasteiger partial charge in [-0.05, 0) is 37.2 Å². The first kappa shape index (κ1) is 13.1. The molecule has 1 heterocycles. The monoisotopic (exact) mass is 305 g/mol. The summed E-state index contributed by atoms with van der Waals surface area (Å²) in [6.07, 6.45) is 4.43. The Labute approximate surface area is 116 Å². The number of benzene rings is 1. The van der Waals surface area contributed by atoms with Gasteiger partial charge >= 0.3 is 0 Å². The number of anilines is 1. The van der Waals surface area contributed by atoms with E-state index in [-0.39, 0.29) is 6.04 Å². The Bertz CT molecular complexity index is 511. The van der Waals surface area contributed by atoms with Gasteiger partial charge in [-0.25, -0.2) is 0 Å². The second-order valence-corrected chi connectivity index (χ2v) is 5.09. The third kappa shape index (κ3) is 3.09. The number of aromatic nitrogens is 1. The van der Waals surface area contributed by atoms with E-state index in [1.807, 2.05) is 19.3 Å². The molecule has 0 fully saturated rings. The van der Waals surface area contributed by atoms with E-state index in [0.29, 0.717) is 0 Å². The van der Waals surface area contributed by atoms with Crippen molar-refractivity contribution in [3.8, 4) is 0 Å². The first-order valence-electron chi connectivity index (χ1n) is 5.82. The molecule has 0 saturated carbocycles. The van der Waals surface area contributed by atoms with E-state index in [2.05, 4.69) is 50.5 Å². The maximum atomic E-state index is 5.99. The third-order valence-electron chi connectivity index (χ3n) is 2.96. The topological polar surface area (TPSA) is 50.9 Å². The van der Waals surface area contributed by atoms with Crippen molar-refractivity contribution in [3.63, 3.8) is 0 Å². The molecule has 0 radical (unpaired) electrons. The van der Waals surface area contributed by atoms with E-state index in [9.17, 15) is 0 Å². The lowest BCUT2D eigenvalue weighted by molar-refractivity contribution is 0.592. The van der Waals surface area contributed by atoms with Crippen molar-refractivity contribution < 1.29 is 0 Å². The average Bonchev–Trinajstić information content (AvgIpc) is 2.39. The summed E-state index contributed by atoms with van der Waals surface area (Å²) in [6, 6.07) is 10.3. The predicted octanol–water partition coefficient (Wildman–Crippen LogP) is 2.93. The van der Waals surface area contributed by atoms with Gasteiger partial charge in [-0.3, -0.25) is 4.98 Å². The highest BCUT2D eigenvalue weighted by molar-refractivity contribution is 9.10. The number of nitrogens with two attached hydrogens (primary N) is 1. The number of nitrogen functional groups attached to an aromatic ring is 1. The summed E-state index contributed by atoms with van der Waals surface area (Å²) >= 11 is 3.44. The molecule has 0 saturated heterocycles. The van der Waals surface area contributed by atoms with Gasteiger partial charge in [0.1, 0.15) is 0 Å². The number of likely N-dealkylation sites (N-methyl/N-ethyl adjacent to an activating group) is 1. The van der Waals surface area contributed by atoms with Gasteiger partial charge in [0.05, 0.1) is 0 Å². The number of nitrogens with one attached hydrogen (secondary N) is 1. The van der Waals surface area contributed by atoms with Gasteiger partial charge in [0.25, 0.3) is 0 Å². The van der Waals surface area contributed by atoms with Crippen LogP contribution in [0.2, 0.25) is 0 Å². The van der Waals surface area contributed by atoms with Crippen LogP contribution in [0, 0.1) is 0 Å². The smallest absolute Gasteiger partial charge is 0.0394 e. The van der Waals surface area contributed by atoms with Gasteiger partial charge in [0.15, 0.2) is 0 Å². The molecule has 0 bridgehead atoms. The molecule has 18 heavy (non-hydrogen) atoms. The van der Waals surface area contributed by atoms with Crippen molar-refractivity contribution in [2.24, 2.45) is 0 Å². The summed E-state index contributed by atoms with van der Waals surface area (Å²) in [6.45, 7) is 0. The Balaban J connectivity index is 2.20. The Hall–Kier alpha value is -1.39. The molecular formula is C14H16BrN3. The van der Waals surface area contributed by atoms with Crippen LogP contribution in [0.3, 0.4) is 0 Å². The zero-order valence-corrected chi connectivity index (χ0v) is 11.8. The molecule has 1 aromatic heterocycles. The highest BCUT2D eigenvalue weighted by Crippen LogP contribution is 2.23. The molecular weight excluding hydrogens is 290 g/mol. The second kappa shape index (κ2) is 5.98. The molecule has 0 spiro atoms. The van der Waals surface area contributed by atoms with E-state index in [1.54, 1.807) is 6.20 Å². The maximum Gasteiger partial charge on any atom is 0.0394 e. The van der Waals surface area contributed by atoms with Crippen molar-refractivity contribution in [3.05, 3.63) is 58.3 Å². The number of hydrogen-bond donors (Lipinski definition) is 2. The fourth-order valence-corrected chi connectivity index (χ4v) is 2.20. The second-order valence-electron chi connectivity index (χ2n) is 4.18. The lowest BCUT2D eigenvalue weighted by atomic mass is 9.99. The number of halogens is 1. The first-order valence-corrected chi connectivity index (χ1v) is 6.61. The van der Waals surface area contributed by atoms with Crippen molar-refractivity contribution in [1.82, 2.24) is 10.3 Å². The first-order chi connectivity index (χ1) is 8.70. The Morgan fingerprint density at radius 1 is 1.28 bits per heavy atom. The SMILES string of the molecule is CNC(Cc1ccc(Br)cc1)c1cnccc1N. The van der Waals surface area contributed by atoms with Gasteiger partial charge in [-0.15, -0.1) is 0 Å². The fraction of sp³-hybridized carbons (Fsp3) is 0.214. The Morgan fingerprint density at radius 2 is 2.00 bits per heavy atom. The van der Waals surface area contributed by atoms with Crippen LogP contribution in [-0.4, -0.2) is 12.0 Å². The van der Waals surface area contributed by atoms with Gasteiger partial charge in [0.2, 0.25) is 0 Å². The molecule has 0 aliphatic carbocycles. The van der Waals surface area contributed by atoms with Crippen LogP contribution in [0.25, 0.3) is 0 Å². The Morgan fingerprint density at radius 3 is 2.61 bits per heavy atom. The minimum absolute atomic E-state index is 0.180. The van der Waals surface area contributed by atoms with Gasteiger partial charge in [0, 0.05) is 34.2 Å². The van der Waals surface area contributed by atoms with Crippen LogP contribution >= 0.6 is 15.9 Å². The number of rotatable bonds is 4. The van der Waals surface area contributed by atoms with Gasteiger partial charge < -0.3 is 11.1 Å². The number of nitrogens with zero attached hydrogens (tertiary/aromatic N) is 1. The maximum absolute atomic E-state index is 5.99. The molecule has 1 aromatic carbocycles. The van der Waals surface area contributed by atoms with Crippen LogP contribution in [0.15, 0.2) is 47.2 Å². The van der Waals surface area contributed by atoms with E-state index in [1.165, 1.54) is 5.56 Å². The van der Waals surface area contributed by atoms with Crippen molar-refractivity contribution in [2.75, 3.05) is 12.8 Å². The Kier molecular flexibility index (Phi) is 4.33. The minimum atomic E-state index is 0.180. The molecule has 0 aliphatic heterocycles. The minimum Gasteiger partial charge on any atom is -0.398 e. The zero-order valence-electron chi connectivity index (χ0n) is 10.2. The summed E-state index contributed by atoms with van der Waals surface area (Å²) in [5, 5.41) is 3.29. The van der Waals surface area contributed by atoms with E-state index >= 15 is 0 Å². The van der Waals surface area contributed by atoms with Crippen molar-refractivity contribution in [2.45, 2.75) is 12.5 Å². The van der Waals surface area contributed by atoms with Crippen LogP contribution in [0.1, 0.15) is 17.2 Å². The predicted molar refractivity (Wildman–Crippen MR) is 78.3 cm³/mol. The summed E-state index contributed by atoms with van der Waals surface area (Å²) in [7, 11) is 1.94. The lowest BCUT2D eigenvalue weighted by Gasteiger charge is -2.18. The van der Waals surface area contributed by atoms with Gasteiger partial charge in [-0.2, -0.15) is 0 Å². The quantitative estimate of drug-likeness (QED) is 0.913. The molecule has 2 aromatic rings. The van der Waals surface area contributed by atoms with Crippen molar-refractivity contribution >= 4 is 21.6 Å². The summed E-state index contributed by atoms with van der Waals surface area (Å²) in [5.41, 5.74) is 9.08. The molecule has 0 amide bonds. The third-order valence-corrected chi connectivity index (χ3v) is 3.49. The van der Waals surface area contributed by atoms with E-state index in [0.717, 1.165) is 22.1 Å². The fourth-order valence-electron chi connectivity index (χ4n) is 1.93. The van der Waals surface area contributed by atoms with E-state index < -0.39 is 0 Å². The normalized spacial score (nSPS) is 12.3. The van der Waals surface area contributed by atoms with Crippen LogP contribution in [0.5, 0.6) is 0 Å². The largest absolute Gasteiger partial charge is 0.398 e. The highest BCUT2D eigenvalue weighted by atomic mass is 79.9. The molecule has 2 rings (SSSR count). The molecule has 94 valence electrons. The lowest BCUT2D eigenvalue weighted by Crippen LogP contribution is -2.20. The molecule has 3 N–H and O–H groups in total. The number of pyridine rings is 1. The summed E-state index contributed by atoms with van der Waals surface area (Å²) in [5.74, 6) is 0. The molecule has 0 aliphatic rings. The van der Waals surface area contributed by atoms with Crippen LogP contribution < -0.4 is 11.1 Å². The van der Waals surface area contributed by atoms with Crippen LogP contribution in [-0.2, 0) is 6.42 Å². The molecule has 4 heteroatoms. The highest BCUT2D eigenvalue weighted by Gasteiger charge is 2.13. The number of hydrogen-bond acceptors (Lipinski definition) is 3. The van der Waals surface area contributed by atoms with Crippen LogP contribution in [0.4, 0.5) is 5.69 Å². The zero-order chi connectivity index (χ0) is 13.0. The molecule has 3 nitrogen and oxygen atoms in total. The average molecular weight is 306 g/mol. The molecule has 1 unspecified atom stereocenters. The van der Waals surface area contributed by atoms with E-state index in [4.69, 9.17) is 5.73 Å². The van der Waals surface area contributed by atoms with Gasteiger partial charge in [-0.1, -0.05) is 28.1 Å². The summed E-state index contributed by atoms with van der Waals surface area (Å²) < 4.78 is 1.09. The van der Waals surface area contributed by atoms with Crippen molar-refractivity contribution in [1.29, 1.82) is 0 Å².